The van der Waals surface area contributed by atoms with Crippen LogP contribution in [0.4, 0.5) is 10.3 Å². The van der Waals surface area contributed by atoms with Gasteiger partial charge in [0.15, 0.2) is 0 Å². The summed E-state index contributed by atoms with van der Waals surface area (Å²) in [6.07, 6.45) is 2.06. The van der Waals surface area contributed by atoms with Gasteiger partial charge in [-0.3, -0.25) is 9.69 Å². The van der Waals surface area contributed by atoms with E-state index in [1.807, 2.05) is 61.5 Å². The summed E-state index contributed by atoms with van der Waals surface area (Å²) in [7, 11) is 0. The van der Waals surface area contributed by atoms with Crippen LogP contribution in [-0.2, 0) is 11.3 Å². The van der Waals surface area contributed by atoms with E-state index in [4.69, 9.17) is 0 Å². The maximum atomic E-state index is 14.0. The fraction of sp³-hybridized carbons (Fsp3) is 0.154. The minimum atomic E-state index is -0.351. The molecule has 34 heavy (non-hydrogen) atoms. The standard InChI is InChI=1S/C26H23FN6O/c1-18-11-13-20(14-12-18)23-15-24(19-7-3-2-4-8-19)33-26(29-30-31-33)32(23)17-25(34)28-16-21-9-5-6-10-22(21)27/h2-15,24H,16-17H2,1H3,(H,28,34)/t24-/m0/s1. The number of halogens is 1. The second-order valence-corrected chi connectivity index (χ2v) is 8.15. The van der Waals surface area contributed by atoms with Crippen LogP contribution in [0.25, 0.3) is 5.70 Å². The summed E-state index contributed by atoms with van der Waals surface area (Å²) < 4.78 is 15.7. The average molecular weight is 455 g/mol. The molecule has 0 bridgehead atoms. The molecular weight excluding hydrogens is 431 g/mol. The molecule has 7 nitrogen and oxygen atoms in total. The lowest BCUT2D eigenvalue weighted by Crippen LogP contribution is -2.40. The molecule has 170 valence electrons. The van der Waals surface area contributed by atoms with Gasteiger partial charge in [-0.05, 0) is 40.6 Å². The van der Waals surface area contributed by atoms with Crippen molar-refractivity contribution in [3.05, 3.63) is 113 Å². The molecule has 2 heterocycles. The molecule has 0 saturated heterocycles. The normalized spacial score (nSPS) is 14.9. The van der Waals surface area contributed by atoms with Crippen molar-refractivity contribution < 1.29 is 9.18 Å². The summed E-state index contributed by atoms with van der Waals surface area (Å²) in [5, 5.41) is 15.1. The topological polar surface area (TPSA) is 75.9 Å². The van der Waals surface area contributed by atoms with Gasteiger partial charge in [0.05, 0.1) is 5.70 Å². The zero-order chi connectivity index (χ0) is 23.5. The van der Waals surface area contributed by atoms with Crippen LogP contribution < -0.4 is 10.2 Å². The summed E-state index contributed by atoms with van der Waals surface area (Å²) >= 11 is 0. The molecule has 8 heteroatoms. The Labute approximate surface area is 196 Å². The predicted molar refractivity (Wildman–Crippen MR) is 127 cm³/mol. The summed E-state index contributed by atoms with van der Waals surface area (Å²) in [5.41, 5.74) is 4.38. The summed E-state index contributed by atoms with van der Waals surface area (Å²) in [6, 6.07) is 24.2. The number of benzene rings is 3. The highest BCUT2D eigenvalue weighted by Gasteiger charge is 2.31. The number of carbonyl (C=O) groups is 1. The number of aromatic nitrogens is 4. The van der Waals surface area contributed by atoms with Gasteiger partial charge in [0.2, 0.25) is 5.91 Å². The molecule has 5 rings (SSSR count). The second kappa shape index (κ2) is 9.27. The van der Waals surface area contributed by atoms with E-state index in [9.17, 15) is 9.18 Å². The van der Waals surface area contributed by atoms with E-state index < -0.39 is 0 Å². The Morgan fingerprint density at radius 2 is 1.74 bits per heavy atom. The lowest BCUT2D eigenvalue weighted by molar-refractivity contribution is -0.119. The van der Waals surface area contributed by atoms with Gasteiger partial charge < -0.3 is 5.32 Å². The Balaban J connectivity index is 1.47. The van der Waals surface area contributed by atoms with Crippen LogP contribution in [0.15, 0.2) is 84.9 Å². The monoisotopic (exact) mass is 454 g/mol. The number of nitrogens with zero attached hydrogens (tertiary/aromatic N) is 5. The first-order valence-electron chi connectivity index (χ1n) is 11.0. The minimum Gasteiger partial charge on any atom is -0.350 e. The van der Waals surface area contributed by atoms with Crippen LogP contribution in [0.1, 0.15) is 28.3 Å². The predicted octanol–water partition coefficient (Wildman–Crippen LogP) is 3.89. The number of rotatable bonds is 6. The number of nitrogens with one attached hydrogen (secondary N) is 1. The van der Waals surface area contributed by atoms with E-state index in [1.165, 1.54) is 6.07 Å². The van der Waals surface area contributed by atoms with Gasteiger partial charge in [-0.1, -0.05) is 83.5 Å². The summed E-state index contributed by atoms with van der Waals surface area (Å²) in [5.74, 6) is -0.155. The van der Waals surface area contributed by atoms with E-state index in [-0.39, 0.29) is 30.9 Å². The van der Waals surface area contributed by atoms with Crippen molar-refractivity contribution in [2.24, 2.45) is 0 Å². The third-order valence-corrected chi connectivity index (χ3v) is 5.81. The summed E-state index contributed by atoms with van der Waals surface area (Å²) in [4.78, 5) is 14.7. The van der Waals surface area contributed by atoms with Gasteiger partial charge in [-0.2, -0.15) is 4.68 Å². The Hall–Kier alpha value is -4.33. The third kappa shape index (κ3) is 4.30. The number of tetrazole rings is 1. The highest BCUT2D eigenvalue weighted by Crippen LogP contribution is 2.36. The SMILES string of the molecule is Cc1ccc(C2=C[C@@H](c3ccccc3)n3nnnc3N2CC(=O)NCc2ccccc2F)cc1. The van der Waals surface area contributed by atoms with E-state index in [1.54, 1.807) is 27.8 Å². The van der Waals surface area contributed by atoms with Gasteiger partial charge in [0.1, 0.15) is 18.4 Å². The van der Waals surface area contributed by atoms with Crippen molar-refractivity contribution >= 4 is 17.6 Å². The lowest BCUT2D eigenvalue weighted by Gasteiger charge is -2.32. The van der Waals surface area contributed by atoms with Crippen LogP contribution in [-0.4, -0.2) is 32.7 Å². The van der Waals surface area contributed by atoms with E-state index in [0.29, 0.717) is 11.5 Å². The quantitative estimate of drug-likeness (QED) is 0.478. The Kier molecular flexibility index (Phi) is 5.86. The minimum absolute atomic E-state index is 0.0178. The molecule has 0 aliphatic carbocycles. The van der Waals surface area contributed by atoms with Gasteiger partial charge in [-0.15, -0.1) is 0 Å². The van der Waals surface area contributed by atoms with Crippen molar-refractivity contribution in [1.82, 2.24) is 25.5 Å². The summed E-state index contributed by atoms with van der Waals surface area (Å²) in [6.45, 7) is 2.11. The Morgan fingerprint density at radius 1 is 1.00 bits per heavy atom. The fourth-order valence-corrected chi connectivity index (χ4v) is 4.02. The molecule has 1 N–H and O–H groups in total. The van der Waals surface area contributed by atoms with Gasteiger partial charge in [0, 0.05) is 12.1 Å². The molecule has 0 unspecified atom stereocenters. The number of anilines is 1. The molecule has 1 aromatic heterocycles. The number of aryl methyl sites for hydroxylation is 1. The Bertz CT molecular complexity index is 1330. The molecule has 1 aliphatic heterocycles. The van der Waals surface area contributed by atoms with Crippen LogP contribution in [0, 0.1) is 12.7 Å². The first-order valence-corrected chi connectivity index (χ1v) is 11.0. The highest BCUT2D eigenvalue weighted by atomic mass is 19.1. The van der Waals surface area contributed by atoms with Gasteiger partial charge >= 0.3 is 0 Å². The molecule has 1 atom stereocenters. The first kappa shape index (κ1) is 21.5. The molecule has 1 aliphatic rings. The van der Waals surface area contributed by atoms with Crippen LogP contribution in [0.3, 0.4) is 0 Å². The fourth-order valence-electron chi connectivity index (χ4n) is 4.02. The molecule has 1 amide bonds. The zero-order valence-corrected chi connectivity index (χ0v) is 18.6. The largest absolute Gasteiger partial charge is 0.350 e. The second-order valence-electron chi connectivity index (χ2n) is 8.15. The van der Waals surface area contributed by atoms with Gasteiger partial charge in [0.25, 0.3) is 5.95 Å². The van der Waals surface area contributed by atoms with E-state index >= 15 is 0 Å². The number of carbonyl (C=O) groups excluding carboxylic acids is 1. The van der Waals surface area contributed by atoms with Gasteiger partial charge in [-0.25, -0.2) is 4.39 Å². The van der Waals surface area contributed by atoms with Crippen molar-refractivity contribution in [3.8, 4) is 0 Å². The highest BCUT2D eigenvalue weighted by molar-refractivity contribution is 5.89. The van der Waals surface area contributed by atoms with Crippen LogP contribution in [0.5, 0.6) is 0 Å². The number of fused-ring (bicyclic) bond motifs is 1. The van der Waals surface area contributed by atoms with E-state index in [0.717, 1.165) is 22.4 Å². The maximum absolute atomic E-state index is 14.0. The van der Waals surface area contributed by atoms with Crippen molar-refractivity contribution in [1.29, 1.82) is 0 Å². The number of amides is 1. The molecule has 4 aromatic rings. The molecule has 3 aromatic carbocycles. The van der Waals surface area contributed by atoms with Crippen molar-refractivity contribution in [2.45, 2.75) is 19.5 Å². The van der Waals surface area contributed by atoms with Crippen LogP contribution >= 0.6 is 0 Å². The Morgan fingerprint density at radius 3 is 2.50 bits per heavy atom. The number of allylic oxidation sites excluding steroid dienone is 1. The maximum Gasteiger partial charge on any atom is 0.251 e. The molecule has 0 saturated carbocycles. The van der Waals surface area contributed by atoms with Crippen molar-refractivity contribution in [3.63, 3.8) is 0 Å². The third-order valence-electron chi connectivity index (χ3n) is 5.81. The average Bonchev–Trinajstić information content (AvgIpc) is 3.35. The lowest BCUT2D eigenvalue weighted by atomic mass is 10.00. The number of hydrogen-bond donors (Lipinski definition) is 1. The smallest absolute Gasteiger partial charge is 0.251 e. The molecule has 0 spiro atoms. The first-order chi connectivity index (χ1) is 16.6. The molecule has 0 radical (unpaired) electrons. The zero-order valence-electron chi connectivity index (χ0n) is 18.6. The molecule has 0 fully saturated rings. The molecular formula is C26H23FN6O. The number of hydrogen-bond acceptors (Lipinski definition) is 5. The van der Waals surface area contributed by atoms with Crippen LogP contribution in [0.2, 0.25) is 0 Å². The van der Waals surface area contributed by atoms with E-state index in [2.05, 4.69) is 26.9 Å². The van der Waals surface area contributed by atoms with Crippen molar-refractivity contribution in [2.75, 3.05) is 11.4 Å².